The molecule has 1 heterocycles. The first-order valence-electron chi connectivity index (χ1n) is 9.10. The average Bonchev–Trinajstić information content (AvgIpc) is 2.74. The van der Waals surface area contributed by atoms with Crippen LogP contribution in [0.15, 0.2) is 53.4 Å². The van der Waals surface area contributed by atoms with E-state index in [1.807, 2.05) is 7.05 Å². The molecule has 0 aromatic heterocycles. The molecule has 3 rings (SSSR count). The van der Waals surface area contributed by atoms with Crippen LogP contribution in [-0.4, -0.2) is 69.8 Å². The number of amides is 1. The van der Waals surface area contributed by atoms with E-state index in [4.69, 9.17) is 0 Å². The zero-order valence-corrected chi connectivity index (χ0v) is 17.1. The number of hydrogen-bond acceptors (Lipinski definition) is 6. The highest BCUT2D eigenvalue weighted by Crippen LogP contribution is 2.20. The Kier molecular flexibility index (Phi) is 6.31. The molecule has 0 radical (unpaired) electrons. The molecule has 2 aromatic carbocycles. The fourth-order valence-corrected chi connectivity index (χ4v) is 4.39. The Balaban J connectivity index is 1.67. The second-order valence-corrected chi connectivity index (χ2v) is 8.69. The number of anilines is 1. The van der Waals surface area contributed by atoms with Crippen molar-refractivity contribution >= 4 is 27.6 Å². The Hall–Kier alpha value is -2.75. The van der Waals surface area contributed by atoms with Gasteiger partial charge in [-0.15, -0.1) is 0 Å². The van der Waals surface area contributed by atoms with Crippen LogP contribution in [0, 0.1) is 0 Å². The van der Waals surface area contributed by atoms with Crippen molar-refractivity contribution in [3.63, 3.8) is 0 Å². The topological polar surface area (TPSA) is 96.0 Å². The number of nitrogens with one attached hydrogen (secondary N) is 1. The maximum atomic E-state index is 12.7. The lowest BCUT2D eigenvalue weighted by Gasteiger charge is -2.31. The van der Waals surface area contributed by atoms with Gasteiger partial charge in [0.2, 0.25) is 10.0 Å². The molecule has 9 heteroatoms. The minimum absolute atomic E-state index is 0.197. The number of rotatable bonds is 5. The van der Waals surface area contributed by atoms with Gasteiger partial charge in [0, 0.05) is 37.4 Å². The van der Waals surface area contributed by atoms with Crippen LogP contribution in [0.2, 0.25) is 0 Å². The van der Waals surface area contributed by atoms with Gasteiger partial charge in [0.1, 0.15) is 0 Å². The van der Waals surface area contributed by atoms with Crippen molar-refractivity contribution in [2.75, 3.05) is 45.7 Å². The number of esters is 1. The lowest BCUT2D eigenvalue weighted by molar-refractivity contribution is 0.0600. The van der Waals surface area contributed by atoms with Crippen LogP contribution < -0.4 is 5.32 Å². The third-order valence-electron chi connectivity index (χ3n) is 4.78. The van der Waals surface area contributed by atoms with E-state index >= 15 is 0 Å². The average molecular weight is 417 g/mol. The number of sulfonamides is 1. The van der Waals surface area contributed by atoms with Crippen molar-refractivity contribution in [1.29, 1.82) is 0 Å². The van der Waals surface area contributed by atoms with E-state index in [0.717, 1.165) is 0 Å². The second kappa shape index (κ2) is 8.73. The number of benzene rings is 2. The third-order valence-corrected chi connectivity index (χ3v) is 6.69. The minimum Gasteiger partial charge on any atom is -0.465 e. The summed E-state index contributed by atoms with van der Waals surface area (Å²) in [5.41, 5.74) is 1.19. The first kappa shape index (κ1) is 21.0. The van der Waals surface area contributed by atoms with Crippen LogP contribution in [-0.2, 0) is 14.8 Å². The van der Waals surface area contributed by atoms with Gasteiger partial charge in [-0.2, -0.15) is 4.31 Å². The van der Waals surface area contributed by atoms with Crippen molar-refractivity contribution < 1.29 is 22.7 Å². The van der Waals surface area contributed by atoms with Crippen molar-refractivity contribution in [2.45, 2.75) is 4.90 Å². The molecule has 0 bridgehead atoms. The smallest absolute Gasteiger partial charge is 0.337 e. The molecule has 1 aliphatic rings. The summed E-state index contributed by atoms with van der Waals surface area (Å²) in [4.78, 5) is 26.1. The van der Waals surface area contributed by atoms with E-state index < -0.39 is 16.0 Å². The molecule has 2 aromatic rings. The number of hydrogen-bond donors (Lipinski definition) is 1. The number of likely N-dealkylation sites (N-methyl/N-ethyl adjacent to an activating group) is 1. The van der Waals surface area contributed by atoms with E-state index in [2.05, 4.69) is 15.0 Å². The van der Waals surface area contributed by atoms with Crippen LogP contribution >= 0.6 is 0 Å². The van der Waals surface area contributed by atoms with Crippen molar-refractivity contribution in [1.82, 2.24) is 9.21 Å². The number of methoxy groups -OCH3 is 1. The fraction of sp³-hybridized carbons (Fsp3) is 0.300. The molecule has 1 amide bonds. The number of carbonyl (C=O) groups excluding carboxylic acids is 2. The quantitative estimate of drug-likeness (QED) is 0.744. The van der Waals surface area contributed by atoms with Crippen LogP contribution in [0.3, 0.4) is 0 Å². The van der Waals surface area contributed by atoms with Gasteiger partial charge in [0.15, 0.2) is 0 Å². The molecule has 0 atom stereocenters. The second-order valence-electron chi connectivity index (χ2n) is 6.75. The molecule has 1 N–H and O–H groups in total. The molecule has 29 heavy (non-hydrogen) atoms. The van der Waals surface area contributed by atoms with Crippen LogP contribution in [0.5, 0.6) is 0 Å². The van der Waals surface area contributed by atoms with Gasteiger partial charge in [0.25, 0.3) is 5.91 Å². The van der Waals surface area contributed by atoms with Gasteiger partial charge in [-0.3, -0.25) is 4.79 Å². The van der Waals surface area contributed by atoms with E-state index in [-0.39, 0.29) is 10.8 Å². The summed E-state index contributed by atoms with van der Waals surface area (Å²) in [6, 6.07) is 12.2. The highest BCUT2D eigenvalue weighted by Gasteiger charge is 2.27. The lowest BCUT2D eigenvalue weighted by atomic mass is 10.1. The Bertz CT molecular complexity index is 980. The summed E-state index contributed by atoms with van der Waals surface area (Å²) < 4.78 is 31.6. The van der Waals surface area contributed by atoms with Crippen molar-refractivity contribution in [2.24, 2.45) is 0 Å². The third kappa shape index (κ3) is 4.81. The van der Waals surface area contributed by atoms with Crippen LogP contribution in [0.4, 0.5) is 5.69 Å². The Morgan fingerprint density at radius 3 is 2.00 bits per heavy atom. The summed E-state index contributed by atoms with van der Waals surface area (Å²) in [6.45, 7) is 2.31. The Labute approximate surface area is 170 Å². The molecule has 0 unspecified atom stereocenters. The SMILES string of the molecule is COC(=O)c1ccc(C(=O)Nc2ccc(S(=O)(=O)N3CCN(C)CC3)cc2)cc1. The highest BCUT2D eigenvalue weighted by molar-refractivity contribution is 7.89. The number of nitrogens with zero attached hydrogens (tertiary/aromatic N) is 2. The highest BCUT2D eigenvalue weighted by atomic mass is 32.2. The van der Waals surface area contributed by atoms with Crippen molar-refractivity contribution in [3.8, 4) is 0 Å². The molecule has 154 valence electrons. The van der Waals surface area contributed by atoms with Gasteiger partial charge >= 0.3 is 5.97 Å². The predicted octanol–water partition coefficient (Wildman–Crippen LogP) is 1.66. The van der Waals surface area contributed by atoms with Crippen LogP contribution in [0.1, 0.15) is 20.7 Å². The zero-order chi connectivity index (χ0) is 21.0. The number of carbonyl (C=O) groups is 2. The molecule has 1 fully saturated rings. The molecule has 0 saturated carbocycles. The van der Waals surface area contributed by atoms with E-state index in [9.17, 15) is 18.0 Å². The van der Waals surface area contributed by atoms with Crippen LogP contribution in [0.25, 0.3) is 0 Å². The molecule has 0 aliphatic carbocycles. The van der Waals surface area contributed by atoms with Gasteiger partial charge in [-0.25, -0.2) is 13.2 Å². The molecule has 8 nitrogen and oxygen atoms in total. The Morgan fingerprint density at radius 2 is 1.45 bits per heavy atom. The normalized spacial score (nSPS) is 15.7. The Morgan fingerprint density at radius 1 is 0.897 bits per heavy atom. The zero-order valence-electron chi connectivity index (χ0n) is 16.3. The summed E-state index contributed by atoms with van der Waals surface area (Å²) in [6.07, 6.45) is 0. The van der Waals surface area contributed by atoms with Crippen molar-refractivity contribution in [3.05, 3.63) is 59.7 Å². The molecule has 1 saturated heterocycles. The summed E-state index contributed by atoms with van der Waals surface area (Å²) in [5.74, 6) is -0.842. The minimum atomic E-state index is -3.55. The molecule has 1 aliphatic heterocycles. The largest absolute Gasteiger partial charge is 0.465 e. The van der Waals surface area contributed by atoms with Gasteiger partial charge in [0.05, 0.1) is 17.6 Å². The maximum Gasteiger partial charge on any atom is 0.337 e. The fourth-order valence-electron chi connectivity index (χ4n) is 2.97. The summed E-state index contributed by atoms with van der Waals surface area (Å²) in [5, 5.41) is 2.71. The van der Waals surface area contributed by atoms with Gasteiger partial charge in [-0.1, -0.05) is 0 Å². The standard InChI is InChI=1S/C20H23N3O5S/c1-22-11-13-23(14-12-22)29(26,27)18-9-7-17(8-10-18)21-19(24)15-3-5-16(6-4-15)20(25)28-2/h3-10H,11-14H2,1-2H3,(H,21,24). The molecular weight excluding hydrogens is 394 g/mol. The van der Waals surface area contributed by atoms with E-state index in [0.29, 0.717) is 43.0 Å². The summed E-state index contributed by atoms with van der Waals surface area (Å²) in [7, 11) is -0.297. The first-order valence-corrected chi connectivity index (χ1v) is 10.5. The lowest BCUT2D eigenvalue weighted by Crippen LogP contribution is -2.46. The summed E-state index contributed by atoms with van der Waals surface area (Å²) >= 11 is 0. The van der Waals surface area contributed by atoms with E-state index in [1.165, 1.54) is 47.8 Å². The number of ether oxygens (including phenoxy) is 1. The van der Waals surface area contributed by atoms with E-state index in [1.54, 1.807) is 12.1 Å². The molecule has 0 spiro atoms. The maximum absolute atomic E-state index is 12.7. The van der Waals surface area contributed by atoms with Gasteiger partial charge < -0.3 is 15.0 Å². The monoisotopic (exact) mass is 417 g/mol. The number of piperazine rings is 1. The van der Waals surface area contributed by atoms with Gasteiger partial charge in [-0.05, 0) is 55.6 Å². The first-order chi connectivity index (χ1) is 13.8. The molecular formula is C20H23N3O5S. The predicted molar refractivity (Wildman–Crippen MR) is 108 cm³/mol.